The second kappa shape index (κ2) is 9.73. The smallest absolute Gasteiger partial charge is 0.259 e. The molecule has 0 aliphatic heterocycles. The van der Waals surface area contributed by atoms with E-state index in [2.05, 4.69) is 21.4 Å². The van der Waals surface area contributed by atoms with E-state index in [4.69, 9.17) is 11.1 Å². The van der Waals surface area contributed by atoms with Crippen LogP contribution in [0.25, 0.3) is 10.8 Å². The normalized spacial score (nSPS) is 13.7. The summed E-state index contributed by atoms with van der Waals surface area (Å²) in [4.78, 5) is 21.7. The molecule has 2 heterocycles. The molecule has 7 nitrogen and oxygen atoms in total. The van der Waals surface area contributed by atoms with Gasteiger partial charge in [-0.1, -0.05) is 44.9 Å². The van der Waals surface area contributed by atoms with Gasteiger partial charge < -0.3 is 21.0 Å². The Morgan fingerprint density at radius 3 is 2.65 bits per heavy atom. The van der Waals surface area contributed by atoms with E-state index >= 15 is 0 Å². The van der Waals surface area contributed by atoms with Gasteiger partial charge in [-0.05, 0) is 43.7 Å². The molecule has 0 saturated heterocycles. The van der Waals surface area contributed by atoms with Crippen molar-refractivity contribution in [3.05, 3.63) is 57.8 Å². The zero-order valence-corrected chi connectivity index (χ0v) is 18.8. The van der Waals surface area contributed by atoms with Gasteiger partial charge in [0.15, 0.2) is 0 Å². The fraction of sp³-hybridized carbons (Fsp3) is 0.417. The summed E-state index contributed by atoms with van der Waals surface area (Å²) in [5, 5.41) is 13.0. The Kier molecular flexibility index (Phi) is 7.05. The summed E-state index contributed by atoms with van der Waals surface area (Å²) < 4.78 is 1.97. The minimum Gasteiger partial charge on any atom is -0.383 e. The number of aryl methyl sites for hydroxylation is 1. The van der Waals surface area contributed by atoms with Gasteiger partial charge in [-0.25, -0.2) is 9.97 Å². The molecule has 0 radical (unpaired) electrons. The van der Waals surface area contributed by atoms with Gasteiger partial charge in [0.05, 0.1) is 17.5 Å². The van der Waals surface area contributed by atoms with Crippen LogP contribution in [0.1, 0.15) is 69.3 Å². The molecule has 4 rings (SSSR count). The van der Waals surface area contributed by atoms with Crippen molar-refractivity contribution in [1.29, 1.82) is 5.41 Å². The molecule has 1 aliphatic carbocycles. The third kappa shape index (κ3) is 4.45. The molecule has 1 saturated carbocycles. The number of fused-ring (bicyclic) bond motifs is 1. The summed E-state index contributed by atoms with van der Waals surface area (Å²) in [7, 11) is 0. The molecular formula is C24H32N6O. The van der Waals surface area contributed by atoms with Crippen LogP contribution in [0, 0.1) is 12.3 Å². The lowest BCUT2D eigenvalue weighted by Gasteiger charge is -2.21. The molecule has 0 bridgehead atoms. The Labute approximate surface area is 183 Å². The molecule has 1 fully saturated rings. The first-order valence-corrected chi connectivity index (χ1v) is 11.0. The maximum Gasteiger partial charge on any atom is 0.259 e. The average Bonchev–Trinajstić information content (AvgIpc) is 3.27. The van der Waals surface area contributed by atoms with Crippen LogP contribution in [0.5, 0.6) is 0 Å². The Hall–Kier alpha value is -3.22. The maximum atomic E-state index is 13.5. The van der Waals surface area contributed by atoms with Crippen LogP contribution in [0.4, 0.5) is 11.6 Å². The lowest BCUT2D eigenvalue weighted by Crippen LogP contribution is -2.28. The SMILES string of the molecule is CC.CC(=N)c1c(N)ncnc1NCc1cc2cccc(C)c2c(=O)n1C1CCCC1. The molecular weight excluding hydrogens is 388 g/mol. The molecule has 0 unspecified atom stereocenters. The zero-order valence-electron chi connectivity index (χ0n) is 18.8. The fourth-order valence-electron chi connectivity index (χ4n) is 4.38. The number of benzene rings is 1. The van der Waals surface area contributed by atoms with Crippen molar-refractivity contribution in [3.63, 3.8) is 0 Å². The number of rotatable bonds is 5. The lowest BCUT2D eigenvalue weighted by atomic mass is 10.0. The topological polar surface area (TPSA) is 110 Å². The highest BCUT2D eigenvalue weighted by Crippen LogP contribution is 2.31. The van der Waals surface area contributed by atoms with Gasteiger partial charge in [0.1, 0.15) is 18.0 Å². The number of nitrogens with zero attached hydrogens (tertiary/aromatic N) is 3. The number of nitrogens with two attached hydrogens (primary N) is 1. The van der Waals surface area contributed by atoms with Crippen LogP contribution in [0.2, 0.25) is 0 Å². The minimum atomic E-state index is 0.0787. The van der Waals surface area contributed by atoms with Gasteiger partial charge in [0, 0.05) is 17.4 Å². The number of nitrogen functional groups attached to an aromatic ring is 1. The standard InChI is InChI=1S/C22H26N6O.C2H6/c1-13-6-5-7-15-10-17(28(22(29)18(13)15)16-8-3-4-9-16)11-25-21-19(14(2)23)20(24)26-12-27-21;1-2/h5-7,10,12,16,23H,3-4,8-9,11H2,1-2H3,(H3,24,25,26,27);1-2H3. The van der Waals surface area contributed by atoms with Crippen molar-refractivity contribution in [2.75, 3.05) is 11.1 Å². The zero-order chi connectivity index (χ0) is 22.5. The van der Waals surface area contributed by atoms with Crippen LogP contribution in [-0.2, 0) is 6.54 Å². The van der Waals surface area contributed by atoms with E-state index in [1.54, 1.807) is 6.92 Å². The Morgan fingerprint density at radius 2 is 1.97 bits per heavy atom. The van der Waals surface area contributed by atoms with Crippen molar-refractivity contribution in [1.82, 2.24) is 14.5 Å². The van der Waals surface area contributed by atoms with Crippen molar-refractivity contribution >= 4 is 28.1 Å². The third-order valence-corrected chi connectivity index (χ3v) is 5.75. The van der Waals surface area contributed by atoms with Crippen LogP contribution in [0.15, 0.2) is 35.4 Å². The van der Waals surface area contributed by atoms with E-state index in [1.807, 2.05) is 43.5 Å². The molecule has 7 heteroatoms. The molecule has 0 atom stereocenters. The summed E-state index contributed by atoms with van der Waals surface area (Å²) in [6.45, 7) is 8.07. The van der Waals surface area contributed by atoms with Gasteiger partial charge in [-0.15, -0.1) is 0 Å². The highest BCUT2D eigenvalue weighted by atomic mass is 16.1. The summed E-state index contributed by atoms with van der Waals surface area (Å²) >= 11 is 0. The number of anilines is 2. The van der Waals surface area contributed by atoms with Crippen molar-refractivity contribution < 1.29 is 0 Å². The van der Waals surface area contributed by atoms with Gasteiger partial charge in [0.25, 0.3) is 5.56 Å². The molecule has 1 aliphatic rings. The molecule has 1 aromatic carbocycles. The van der Waals surface area contributed by atoms with E-state index in [1.165, 1.54) is 6.33 Å². The van der Waals surface area contributed by atoms with Gasteiger partial charge in [0.2, 0.25) is 0 Å². The Bertz CT molecular complexity index is 1140. The first kappa shape index (κ1) is 22.5. The second-order valence-electron chi connectivity index (χ2n) is 7.75. The maximum absolute atomic E-state index is 13.5. The van der Waals surface area contributed by atoms with E-state index in [9.17, 15) is 4.79 Å². The average molecular weight is 421 g/mol. The molecule has 31 heavy (non-hydrogen) atoms. The summed E-state index contributed by atoms with van der Waals surface area (Å²) in [6, 6.07) is 8.28. The third-order valence-electron chi connectivity index (χ3n) is 5.75. The molecule has 0 spiro atoms. The van der Waals surface area contributed by atoms with Crippen LogP contribution < -0.4 is 16.6 Å². The number of pyridine rings is 1. The lowest BCUT2D eigenvalue weighted by molar-refractivity contribution is 0.488. The van der Waals surface area contributed by atoms with E-state index < -0.39 is 0 Å². The minimum absolute atomic E-state index is 0.0787. The first-order chi connectivity index (χ1) is 15.0. The molecule has 4 N–H and O–H groups in total. The predicted octanol–water partition coefficient (Wildman–Crippen LogP) is 4.82. The molecule has 164 valence electrons. The Morgan fingerprint density at radius 1 is 1.26 bits per heavy atom. The predicted molar refractivity (Wildman–Crippen MR) is 128 cm³/mol. The Balaban J connectivity index is 0.00000132. The van der Waals surface area contributed by atoms with Gasteiger partial charge in [-0.3, -0.25) is 4.79 Å². The highest BCUT2D eigenvalue weighted by Gasteiger charge is 2.22. The van der Waals surface area contributed by atoms with Gasteiger partial charge >= 0.3 is 0 Å². The summed E-state index contributed by atoms with van der Waals surface area (Å²) in [5.74, 6) is 0.789. The summed E-state index contributed by atoms with van der Waals surface area (Å²) in [6.07, 6.45) is 5.73. The quantitative estimate of drug-likeness (QED) is 0.513. The summed E-state index contributed by atoms with van der Waals surface area (Å²) in [5.41, 5.74) is 8.75. The van der Waals surface area contributed by atoms with E-state index in [-0.39, 0.29) is 17.4 Å². The monoisotopic (exact) mass is 420 g/mol. The second-order valence-corrected chi connectivity index (χ2v) is 7.75. The molecule has 2 aromatic heterocycles. The van der Waals surface area contributed by atoms with Crippen LogP contribution in [0.3, 0.4) is 0 Å². The van der Waals surface area contributed by atoms with Crippen LogP contribution in [-0.4, -0.2) is 20.2 Å². The van der Waals surface area contributed by atoms with Gasteiger partial charge in [-0.2, -0.15) is 0 Å². The fourth-order valence-corrected chi connectivity index (χ4v) is 4.38. The number of nitrogens with one attached hydrogen (secondary N) is 2. The van der Waals surface area contributed by atoms with Crippen LogP contribution >= 0.6 is 0 Å². The number of aromatic nitrogens is 3. The first-order valence-electron chi connectivity index (χ1n) is 11.0. The largest absolute Gasteiger partial charge is 0.383 e. The molecule has 0 amide bonds. The molecule has 3 aromatic rings. The van der Waals surface area contributed by atoms with E-state index in [0.717, 1.165) is 47.7 Å². The van der Waals surface area contributed by atoms with Crippen molar-refractivity contribution in [3.8, 4) is 0 Å². The van der Waals surface area contributed by atoms with E-state index in [0.29, 0.717) is 23.6 Å². The highest BCUT2D eigenvalue weighted by molar-refractivity contribution is 6.04. The van der Waals surface area contributed by atoms with Crippen molar-refractivity contribution in [2.45, 2.75) is 66.0 Å². The number of hydrogen-bond donors (Lipinski definition) is 3. The number of hydrogen-bond acceptors (Lipinski definition) is 6. The van der Waals surface area contributed by atoms with Crippen molar-refractivity contribution in [2.24, 2.45) is 0 Å².